The van der Waals surface area contributed by atoms with E-state index in [9.17, 15) is 23.7 Å². The minimum atomic E-state index is -1.50. The van der Waals surface area contributed by atoms with Crippen molar-refractivity contribution in [3.8, 4) is 0 Å². The van der Waals surface area contributed by atoms with Crippen molar-refractivity contribution in [2.75, 3.05) is 12.4 Å². The van der Waals surface area contributed by atoms with Crippen molar-refractivity contribution in [3.63, 3.8) is 0 Å². The minimum Gasteiger partial charge on any atom is -0.348 e. The zero-order chi connectivity index (χ0) is 14.4. The molecule has 0 radical (unpaired) electrons. The molecule has 0 saturated heterocycles. The van der Waals surface area contributed by atoms with Crippen molar-refractivity contribution in [1.29, 1.82) is 0 Å². The number of carbonyl (C=O) groups excluding carboxylic acids is 1. The number of hydrogen-bond acceptors (Lipinski definition) is 3. The van der Waals surface area contributed by atoms with Gasteiger partial charge in [-0.3, -0.25) is 14.9 Å². The fourth-order valence-corrected chi connectivity index (χ4v) is 1.40. The first-order chi connectivity index (χ1) is 8.99. The van der Waals surface area contributed by atoms with Crippen molar-refractivity contribution >= 4 is 23.2 Å². The van der Waals surface area contributed by atoms with Gasteiger partial charge in [0.15, 0.2) is 0 Å². The van der Waals surface area contributed by atoms with Crippen LogP contribution in [0, 0.1) is 21.7 Å². The van der Waals surface area contributed by atoms with Gasteiger partial charge in [0.05, 0.1) is 4.92 Å². The van der Waals surface area contributed by atoms with Gasteiger partial charge < -0.3 is 5.32 Å². The highest BCUT2D eigenvalue weighted by Gasteiger charge is 2.25. The molecule has 102 valence electrons. The van der Waals surface area contributed by atoms with Gasteiger partial charge in [0.25, 0.3) is 5.91 Å². The van der Waals surface area contributed by atoms with Crippen LogP contribution >= 0.6 is 11.6 Å². The number of nitrogens with zero attached hydrogens (tertiary/aromatic N) is 1. The Hall–Kier alpha value is -2.02. The number of rotatable bonds is 5. The number of amides is 1. The smallest absolute Gasteiger partial charge is 0.305 e. The molecule has 0 bridgehead atoms. The van der Waals surface area contributed by atoms with Gasteiger partial charge in [-0.1, -0.05) is 12.2 Å². The molecule has 0 unspecified atom stereocenters. The number of nitro benzene ring substituents is 1. The summed E-state index contributed by atoms with van der Waals surface area (Å²) in [5.41, 5.74) is -1.93. The van der Waals surface area contributed by atoms with Crippen molar-refractivity contribution in [1.82, 2.24) is 5.32 Å². The van der Waals surface area contributed by atoms with Crippen LogP contribution in [0.1, 0.15) is 10.4 Å². The van der Waals surface area contributed by atoms with Gasteiger partial charge in [-0.25, -0.2) is 4.39 Å². The Labute approximate surface area is 112 Å². The summed E-state index contributed by atoms with van der Waals surface area (Å²) in [6, 6.07) is 1.33. The van der Waals surface area contributed by atoms with E-state index in [1.807, 2.05) is 0 Å². The van der Waals surface area contributed by atoms with Gasteiger partial charge in [0.2, 0.25) is 5.82 Å². The average molecular weight is 291 g/mol. The van der Waals surface area contributed by atoms with Crippen LogP contribution in [0.3, 0.4) is 0 Å². The van der Waals surface area contributed by atoms with Gasteiger partial charge in [0.1, 0.15) is 11.4 Å². The fraction of sp³-hybridized carbons (Fsp3) is 0.182. The lowest BCUT2D eigenvalue weighted by atomic mass is 10.1. The molecule has 0 aliphatic carbocycles. The summed E-state index contributed by atoms with van der Waals surface area (Å²) in [6.45, 7) is 0.00707. The zero-order valence-corrected chi connectivity index (χ0v) is 10.3. The lowest BCUT2D eigenvalue weighted by Crippen LogP contribution is -2.26. The number of benzene rings is 1. The molecule has 0 spiro atoms. The summed E-state index contributed by atoms with van der Waals surface area (Å²) in [4.78, 5) is 21.0. The molecule has 5 nitrogen and oxygen atoms in total. The van der Waals surface area contributed by atoms with E-state index in [4.69, 9.17) is 11.6 Å². The van der Waals surface area contributed by atoms with Gasteiger partial charge in [-0.15, -0.1) is 11.6 Å². The number of hydrogen-bond donors (Lipinski definition) is 1. The van der Waals surface area contributed by atoms with E-state index < -0.39 is 33.7 Å². The normalized spacial score (nSPS) is 10.7. The number of nitrogens with one attached hydrogen (secondary N) is 1. The molecule has 19 heavy (non-hydrogen) atoms. The summed E-state index contributed by atoms with van der Waals surface area (Å²) in [7, 11) is 0. The van der Waals surface area contributed by atoms with Crippen LogP contribution in [0.2, 0.25) is 0 Å². The molecular weight excluding hydrogens is 282 g/mol. The van der Waals surface area contributed by atoms with Crippen LogP contribution < -0.4 is 5.32 Å². The lowest BCUT2D eigenvalue weighted by Gasteiger charge is -2.05. The molecule has 0 aliphatic heterocycles. The minimum absolute atomic E-state index is 0.00707. The van der Waals surface area contributed by atoms with E-state index in [1.54, 1.807) is 0 Å². The molecule has 1 aromatic carbocycles. The predicted molar refractivity (Wildman–Crippen MR) is 65.2 cm³/mol. The summed E-state index contributed by atoms with van der Waals surface area (Å²) >= 11 is 5.35. The largest absolute Gasteiger partial charge is 0.348 e. The molecule has 0 heterocycles. The summed E-state index contributed by atoms with van der Waals surface area (Å²) < 4.78 is 27.0. The molecule has 1 amide bonds. The third-order valence-electron chi connectivity index (χ3n) is 2.13. The second-order valence-electron chi connectivity index (χ2n) is 3.35. The van der Waals surface area contributed by atoms with Crippen LogP contribution in [0.4, 0.5) is 14.5 Å². The molecule has 0 aromatic heterocycles. The van der Waals surface area contributed by atoms with Gasteiger partial charge >= 0.3 is 5.69 Å². The molecule has 1 rings (SSSR count). The molecule has 8 heteroatoms. The van der Waals surface area contributed by atoms with E-state index >= 15 is 0 Å². The maximum Gasteiger partial charge on any atom is 0.305 e. The third-order valence-corrected chi connectivity index (χ3v) is 2.31. The summed E-state index contributed by atoms with van der Waals surface area (Å²) in [6.07, 6.45) is 3.01. The molecule has 0 saturated carbocycles. The average Bonchev–Trinajstić information content (AvgIpc) is 2.34. The van der Waals surface area contributed by atoms with Gasteiger partial charge in [0, 0.05) is 18.5 Å². The number of alkyl halides is 1. The van der Waals surface area contributed by atoms with E-state index in [1.165, 1.54) is 12.2 Å². The first-order valence-corrected chi connectivity index (χ1v) is 5.64. The first-order valence-electron chi connectivity index (χ1n) is 5.10. The molecule has 0 atom stereocenters. The van der Waals surface area contributed by atoms with Crippen molar-refractivity contribution in [2.45, 2.75) is 0 Å². The van der Waals surface area contributed by atoms with Crippen molar-refractivity contribution in [3.05, 3.63) is 51.6 Å². The Bertz CT molecular complexity index is 535. The van der Waals surface area contributed by atoms with Crippen LogP contribution in [0.25, 0.3) is 0 Å². The number of carbonyl (C=O) groups is 1. The maximum atomic E-state index is 13.6. The Morgan fingerprint density at radius 1 is 1.42 bits per heavy atom. The highest BCUT2D eigenvalue weighted by Crippen LogP contribution is 2.22. The first kappa shape index (κ1) is 15.0. The standard InChI is InChI=1S/C11H9ClF2N2O3/c12-5-1-2-6-15-11(17)9-7(13)3-4-8(10(9)14)16(18)19/h1-4H,5-6H2,(H,15,17)/b2-1+. The lowest BCUT2D eigenvalue weighted by molar-refractivity contribution is -0.387. The van der Waals surface area contributed by atoms with E-state index in [0.29, 0.717) is 12.1 Å². The molecule has 0 fully saturated rings. The van der Waals surface area contributed by atoms with Crippen molar-refractivity contribution in [2.24, 2.45) is 0 Å². The molecule has 0 aliphatic rings. The highest BCUT2D eigenvalue weighted by atomic mass is 35.5. The topological polar surface area (TPSA) is 72.2 Å². The molecular formula is C11H9ClF2N2O3. The van der Waals surface area contributed by atoms with Gasteiger partial charge in [-0.2, -0.15) is 4.39 Å². The maximum absolute atomic E-state index is 13.6. The van der Waals surface area contributed by atoms with Crippen LogP contribution in [-0.4, -0.2) is 23.3 Å². The Kier molecular flexibility index (Phi) is 5.37. The summed E-state index contributed by atoms with van der Waals surface area (Å²) in [5, 5.41) is 12.7. The highest BCUT2D eigenvalue weighted by molar-refractivity contribution is 6.18. The number of nitro groups is 1. The Balaban J connectivity index is 2.99. The number of allylic oxidation sites excluding steroid dienone is 1. The SMILES string of the molecule is O=C(NC/C=C/CCl)c1c(F)ccc([N+](=O)[O-])c1F. The second kappa shape index (κ2) is 6.79. The van der Waals surface area contributed by atoms with Crippen LogP contribution in [0.15, 0.2) is 24.3 Å². The van der Waals surface area contributed by atoms with Gasteiger partial charge in [-0.05, 0) is 6.07 Å². The van der Waals surface area contributed by atoms with E-state index in [-0.39, 0.29) is 12.4 Å². The zero-order valence-electron chi connectivity index (χ0n) is 9.53. The molecule has 1 aromatic rings. The monoisotopic (exact) mass is 290 g/mol. The third kappa shape index (κ3) is 3.72. The Morgan fingerprint density at radius 2 is 2.11 bits per heavy atom. The quantitative estimate of drug-likeness (QED) is 0.392. The summed E-state index contributed by atoms with van der Waals surface area (Å²) in [5.74, 6) is -3.50. The van der Waals surface area contributed by atoms with E-state index in [2.05, 4.69) is 5.32 Å². The predicted octanol–water partition coefficient (Wildman–Crippen LogP) is 2.40. The van der Waals surface area contributed by atoms with Crippen LogP contribution in [-0.2, 0) is 0 Å². The Morgan fingerprint density at radius 3 is 2.68 bits per heavy atom. The fourth-order valence-electron chi connectivity index (χ4n) is 1.28. The second-order valence-corrected chi connectivity index (χ2v) is 3.66. The van der Waals surface area contributed by atoms with Crippen LogP contribution in [0.5, 0.6) is 0 Å². The molecule has 1 N–H and O–H groups in total. The number of halogens is 3. The van der Waals surface area contributed by atoms with E-state index in [0.717, 1.165) is 0 Å². The van der Waals surface area contributed by atoms with Crippen molar-refractivity contribution < 1.29 is 18.5 Å².